The van der Waals surface area contributed by atoms with Crippen LogP contribution in [0.1, 0.15) is 51.0 Å². The Balaban J connectivity index is 1.71. The topological polar surface area (TPSA) is 96.0 Å². The number of sulfonamides is 1. The molecule has 202 valence electrons. The molecule has 2 amide bonds. The van der Waals surface area contributed by atoms with Crippen LogP contribution >= 0.6 is 0 Å². The number of rotatable bonds is 12. The fraction of sp³-hybridized carbons (Fsp3) is 0.481. The van der Waals surface area contributed by atoms with Crippen molar-refractivity contribution in [3.63, 3.8) is 0 Å². The number of anilines is 1. The first-order valence-corrected chi connectivity index (χ1v) is 14.4. The van der Waals surface area contributed by atoms with Crippen LogP contribution in [0.2, 0.25) is 0 Å². The molecule has 0 spiro atoms. The van der Waals surface area contributed by atoms with E-state index in [1.165, 1.54) is 28.4 Å². The van der Waals surface area contributed by atoms with Crippen molar-refractivity contribution in [2.24, 2.45) is 0 Å². The van der Waals surface area contributed by atoms with Crippen LogP contribution in [-0.4, -0.2) is 57.1 Å². The summed E-state index contributed by atoms with van der Waals surface area (Å²) in [4.78, 5) is 27.8. The fourth-order valence-corrected chi connectivity index (χ4v) is 5.49. The lowest BCUT2D eigenvalue weighted by Gasteiger charge is -2.30. The number of benzene rings is 2. The van der Waals surface area contributed by atoms with Crippen LogP contribution in [0, 0.1) is 5.82 Å². The molecule has 2 aromatic carbocycles. The third kappa shape index (κ3) is 8.18. The highest BCUT2D eigenvalue weighted by Crippen LogP contribution is 2.24. The van der Waals surface area contributed by atoms with Crippen LogP contribution in [-0.2, 0) is 26.2 Å². The van der Waals surface area contributed by atoms with E-state index in [4.69, 9.17) is 4.74 Å². The minimum atomic E-state index is -3.60. The molecule has 1 N–H and O–H groups in total. The van der Waals surface area contributed by atoms with E-state index in [1.807, 2.05) is 0 Å². The van der Waals surface area contributed by atoms with Crippen molar-refractivity contribution in [3.8, 4) is 5.75 Å². The fourth-order valence-electron chi connectivity index (χ4n) is 4.53. The first-order valence-electron chi connectivity index (χ1n) is 12.5. The summed E-state index contributed by atoms with van der Waals surface area (Å²) in [6.45, 7) is 1.92. The first-order chi connectivity index (χ1) is 17.6. The molecule has 1 aliphatic rings. The van der Waals surface area contributed by atoms with Gasteiger partial charge in [0.25, 0.3) is 0 Å². The second kappa shape index (κ2) is 12.9. The molecule has 8 nitrogen and oxygen atoms in total. The second-order valence-electron chi connectivity index (χ2n) is 9.45. The van der Waals surface area contributed by atoms with Crippen molar-refractivity contribution < 1.29 is 27.1 Å². The second-order valence-corrected chi connectivity index (χ2v) is 11.4. The Labute approximate surface area is 218 Å². The van der Waals surface area contributed by atoms with E-state index < -0.39 is 16.1 Å². The Kier molecular flexibility index (Phi) is 9.91. The normalized spacial score (nSPS) is 14.7. The van der Waals surface area contributed by atoms with E-state index in [-0.39, 0.29) is 49.6 Å². The highest BCUT2D eigenvalue weighted by atomic mass is 32.2. The van der Waals surface area contributed by atoms with Crippen LogP contribution in [0.5, 0.6) is 5.75 Å². The van der Waals surface area contributed by atoms with E-state index >= 15 is 0 Å². The monoisotopic (exact) mass is 533 g/mol. The van der Waals surface area contributed by atoms with Gasteiger partial charge in [-0.3, -0.25) is 13.9 Å². The maximum atomic E-state index is 13.4. The predicted molar refractivity (Wildman–Crippen MR) is 141 cm³/mol. The molecule has 1 fully saturated rings. The smallest absolute Gasteiger partial charge is 0.242 e. The molecule has 0 aliphatic heterocycles. The highest BCUT2D eigenvalue weighted by molar-refractivity contribution is 7.92. The molecule has 0 aromatic heterocycles. The molecule has 0 bridgehead atoms. The summed E-state index contributed by atoms with van der Waals surface area (Å²) >= 11 is 0. The third-order valence-corrected chi connectivity index (χ3v) is 7.82. The summed E-state index contributed by atoms with van der Waals surface area (Å²) in [5.41, 5.74) is 1.14. The number of hydrogen-bond donors (Lipinski definition) is 1. The minimum Gasteiger partial charge on any atom is -0.497 e. The van der Waals surface area contributed by atoms with Crippen molar-refractivity contribution in [1.29, 1.82) is 0 Å². The summed E-state index contributed by atoms with van der Waals surface area (Å²) in [6.07, 6.45) is 5.40. The van der Waals surface area contributed by atoms with E-state index in [0.29, 0.717) is 17.0 Å². The standard InChI is InChI=1S/C27H36FN3O5S/c1-20(27(33)29-23-8-4-5-9-23)30(19-21-13-15-22(28)16-14-21)26(32)12-7-17-31(37(3,34)35)24-10-6-11-25(18-24)36-2/h6,10-11,13-16,18,20,23H,4-5,7-9,12,17,19H2,1-3H3,(H,29,33). The van der Waals surface area contributed by atoms with Gasteiger partial charge in [-0.25, -0.2) is 12.8 Å². The van der Waals surface area contributed by atoms with Crippen molar-refractivity contribution in [1.82, 2.24) is 10.2 Å². The zero-order valence-electron chi connectivity index (χ0n) is 21.7. The van der Waals surface area contributed by atoms with Crippen LogP contribution in [0.25, 0.3) is 0 Å². The number of carbonyl (C=O) groups is 2. The van der Waals surface area contributed by atoms with Gasteiger partial charge in [-0.2, -0.15) is 0 Å². The Morgan fingerprint density at radius 3 is 2.43 bits per heavy atom. The summed E-state index contributed by atoms with van der Waals surface area (Å²) < 4.78 is 44.8. The van der Waals surface area contributed by atoms with Crippen molar-refractivity contribution >= 4 is 27.5 Å². The number of hydrogen-bond acceptors (Lipinski definition) is 5. The minimum absolute atomic E-state index is 0.0399. The number of amides is 2. The van der Waals surface area contributed by atoms with Gasteiger partial charge in [-0.05, 0) is 56.0 Å². The first kappa shape index (κ1) is 28.4. The molecule has 1 unspecified atom stereocenters. The van der Waals surface area contributed by atoms with Gasteiger partial charge < -0.3 is 15.0 Å². The van der Waals surface area contributed by atoms with Gasteiger partial charge in [0.2, 0.25) is 21.8 Å². The number of nitrogens with zero attached hydrogens (tertiary/aromatic N) is 2. The summed E-state index contributed by atoms with van der Waals surface area (Å²) in [6, 6.07) is 11.9. The largest absolute Gasteiger partial charge is 0.497 e. The van der Waals surface area contributed by atoms with E-state index in [9.17, 15) is 22.4 Å². The predicted octanol–water partition coefficient (Wildman–Crippen LogP) is 3.86. The van der Waals surface area contributed by atoms with Crippen molar-refractivity contribution in [2.75, 3.05) is 24.2 Å². The van der Waals surface area contributed by atoms with Crippen LogP contribution in [0.4, 0.5) is 10.1 Å². The zero-order valence-corrected chi connectivity index (χ0v) is 22.5. The van der Waals surface area contributed by atoms with Gasteiger partial charge in [0.15, 0.2) is 0 Å². The lowest BCUT2D eigenvalue weighted by molar-refractivity contribution is -0.141. The average Bonchev–Trinajstić information content (AvgIpc) is 3.38. The molecule has 37 heavy (non-hydrogen) atoms. The molecule has 2 aromatic rings. The average molecular weight is 534 g/mol. The number of methoxy groups -OCH3 is 1. The number of ether oxygens (including phenoxy) is 1. The zero-order chi connectivity index (χ0) is 27.0. The molecular weight excluding hydrogens is 497 g/mol. The summed E-state index contributed by atoms with van der Waals surface area (Å²) in [5.74, 6) is -0.365. The molecule has 1 saturated carbocycles. The van der Waals surface area contributed by atoms with Crippen LogP contribution < -0.4 is 14.4 Å². The Hall–Kier alpha value is -3.14. The molecule has 0 radical (unpaired) electrons. The lowest BCUT2D eigenvalue weighted by atomic mass is 10.1. The molecule has 1 atom stereocenters. The van der Waals surface area contributed by atoms with E-state index in [2.05, 4.69) is 5.32 Å². The van der Waals surface area contributed by atoms with Gasteiger partial charge in [0.05, 0.1) is 19.1 Å². The third-order valence-electron chi connectivity index (χ3n) is 6.63. The number of halogens is 1. The Bertz CT molecular complexity index is 1170. The SMILES string of the molecule is COc1cccc(N(CCCC(=O)N(Cc2ccc(F)cc2)C(C)C(=O)NC2CCCC2)S(C)(=O)=O)c1. The lowest BCUT2D eigenvalue weighted by Crippen LogP contribution is -2.49. The molecular formula is C27H36FN3O5S. The van der Waals surface area contributed by atoms with E-state index in [1.54, 1.807) is 43.3 Å². The van der Waals surface area contributed by atoms with Gasteiger partial charge in [-0.15, -0.1) is 0 Å². The Morgan fingerprint density at radius 2 is 1.81 bits per heavy atom. The maximum Gasteiger partial charge on any atom is 0.242 e. The summed E-state index contributed by atoms with van der Waals surface area (Å²) in [7, 11) is -2.10. The molecule has 3 rings (SSSR count). The highest BCUT2D eigenvalue weighted by Gasteiger charge is 2.28. The summed E-state index contributed by atoms with van der Waals surface area (Å²) in [5, 5.41) is 3.04. The quantitative estimate of drug-likeness (QED) is 0.447. The van der Waals surface area contributed by atoms with Gasteiger partial charge in [0, 0.05) is 31.6 Å². The number of carbonyl (C=O) groups excluding carboxylic acids is 2. The van der Waals surface area contributed by atoms with E-state index in [0.717, 1.165) is 31.9 Å². The molecule has 1 aliphatic carbocycles. The Morgan fingerprint density at radius 1 is 1.14 bits per heavy atom. The van der Waals surface area contributed by atoms with Crippen LogP contribution in [0.15, 0.2) is 48.5 Å². The van der Waals surface area contributed by atoms with Crippen molar-refractivity contribution in [2.45, 2.75) is 64.1 Å². The van der Waals surface area contributed by atoms with Crippen molar-refractivity contribution in [3.05, 3.63) is 59.9 Å². The number of nitrogens with one attached hydrogen (secondary N) is 1. The van der Waals surface area contributed by atoms with Gasteiger partial charge in [-0.1, -0.05) is 31.0 Å². The van der Waals surface area contributed by atoms with Gasteiger partial charge in [0.1, 0.15) is 17.6 Å². The molecule has 0 heterocycles. The van der Waals surface area contributed by atoms with Crippen LogP contribution in [0.3, 0.4) is 0 Å². The van der Waals surface area contributed by atoms with Gasteiger partial charge >= 0.3 is 0 Å². The molecule has 10 heteroatoms. The molecule has 0 saturated heterocycles. The maximum absolute atomic E-state index is 13.4.